The van der Waals surface area contributed by atoms with Crippen molar-refractivity contribution in [1.29, 1.82) is 0 Å². The van der Waals surface area contributed by atoms with Crippen LogP contribution in [-0.2, 0) is 20.7 Å². The third kappa shape index (κ3) is 5.94. The molecule has 178 valence electrons. The van der Waals surface area contributed by atoms with E-state index >= 15 is 0 Å². The lowest BCUT2D eigenvalue weighted by atomic mass is 9.99. The normalized spacial score (nSPS) is 28.9. The van der Waals surface area contributed by atoms with E-state index in [-0.39, 0.29) is 30.5 Å². The van der Waals surface area contributed by atoms with Crippen molar-refractivity contribution < 1.29 is 39.5 Å². The molecule has 2 aliphatic heterocycles. The molecule has 5 N–H and O–H groups in total. The van der Waals surface area contributed by atoms with Gasteiger partial charge in [0.1, 0.15) is 30.2 Å². The Morgan fingerprint density at radius 3 is 2.47 bits per heavy atom. The van der Waals surface area contributed by atoms with Crippen molar-refractivity contribution in [3.05, 3.63) is 29.8 Å². The summed E-state index contributed by atoms with van der Waals surface area (Å²) in [6, 6.07) is 6.59. The van der Waals surface area contributed by atoms with Gasteiger partial charge >= 0.3 is 0 Å². The van der Waals surface area contributed by atoms with Gasteiger partial charge in [0.2, 0.25) is 18.1 Å². The van der Waals surface area contributed by atoms with Crippen LogP contribution in [0.25, 0.3) is 0 Å². The SMILES string of the molecule is CN1CCN(C(=O)CNC(=O)Cc2ccccc2OC2OC(CO)C(O)C(O)C2O)CC1. The Morgan fingerprint density at radius 1 is 1.09 bits per heavy atom. The van der Waals surface area contributed by atoms with Crippen LogP contribution in [0.2, 0.25) is 0 Å². The van der Waals surface area contributed by atoms with E-state index in [1.807, 2.05) is 7.05 Å². The summed E-state index contributed by atoms with van der Waals surface area (Å²) in [5.74, 6) is -0.285. The van der Waals surface area contributed by atoms with Gasteiger partial charge in [0.25, 0.3) is 0 Å². The molecule has 0 saturated carbocycles. The number of ether oxygens (including phenoxy) is 2. The van der Waals surface area contributed by atoms with Crippen LogP contribution in [0.4, 0.5) is 0 Å². The maximum absolute atomic E-state index is 12.4. The first-order valence-electron chi connectivity index (χ1n) is 10.6. The quantitative estimate of drug-likeness (QED) is 0.297. The number of carbonyl (C=O) groups excluding carboxylic acids is 2. The number of amides is 2. The van der Waals surface area contributed by atoms with Gasteiger partial charge in [-0.3, -0.25) is 9.59 Å². The fourth-order valence-corrected chi connectivity index (χ4v) is 3.63. The molecule has 0 aliphatic carbocycles. The van der Waals surface area contributed by atoms with Gasteiger partial charge in [-0.2, -0.15) is 0 Å². The Labute approximate surface area is 186 Å². The molecule has 2 fully saturated rings. The van der Waals surface area contributed by atoms with Crippen LogP contribution in [0.5, 0.6) is 5.75 Å². The first kappa shape index (κ1) is 24.4. The predicted octanol–water partition coefficient (Wildman–Crippen LogP) is -2.70. The number of carbonyl (C=O) groups is 2. The number of aliphatic hydroxyl groups is 4. The van der Waals surface area contributed by atoms with Crippen LogP contribution in [0.15, 0.2) is 24.3 Å². The van der Waals surface area contributed by atoms with Crippen LogP contribution < -0.4 is 10.1 Å². The van der Waals surface area contributed by atoms with Crippen molar-refractivity contribution in [2.75, 3.05) is 46.4 Å². The highest BCUT2D eigenvalue weighted by atomic mass is 16.7. The Balaban J connectivity index is 1.56. The molecule has 2 aliphatic rings. The van der Waals surface area contributed by atoms with E-state index in [0.29, 0.717) is 18.7 Å². The van der Waals surface area contributed by atoms with Crippen LogP contribution in [0, 0.1) is 0 Å². The molecule has 5 atom stereocenters. The number of hydrogen-bond acceptors (Lipinski definition) is 9. The standard InChI is InChI=1S/C21H31N3O8/c1-23-6-8-24(9-7-23)17(27)11-22-16(26)10-13-4-2-3-5-14(13)31-21-20(30)19(29)18(28)15(12-25)32-21/h2-5,15,18-21,25,28-30H,6-12H2,1H3,(H,22,26). The summed E-state index contributed by atoms with van der Waals surface area (Å²) < 4.78 is 11.0. The summed E-state index contributed by atoms with van der Waals surface area (Å²) in [6.07, 6.45) is -7.15. The van der Waals surface area contributed by atoms with Crippen molar-refractivity contribution in [3.63, 3.8) is 0 Å². The number of piperazine rings is 1. The number of benzene rings is 1. The van der Waals surface area contributed by atoms with Crippen LogP contribution in [0.3, 0.4) is 0 Å². The maximum Gasteiger partial charge on any atom is 0.242 e. The van der Waals surface area contributed by atoms with Gasteiger partial charge in [-0.25, -0.2) is 0 Å². The molecule has 0 spiro atoms. The summed E-state index contributed by atoms with van der Waals surface area (Å²) in [7, 11) is 1.99. The second-order valence-corrected chi connectivity index (χ2v) is 8.06. The Kier molecular flexibility index (Phi) is 8.40. The van der Waals surface area contributed by atoms with Crippen LogP contribution in [0.1, 0.15) is 5.56 Å². The molecule has 1 aromatic carbocycles. The number of rotatable bonds is 7. The maximum atomic E-state index is 12.4. The summed E-state index contributed by atoms with van der Waals surface area (Å²) >= 11 is 0. The smallest absolute Gasteiger partial charge is 0.242 e. The molecule has 11 heteroatoms. The van der Waals surface area contributed by atoms with E-state index in [2.05, 4.69) is 10.2 Å². The average Bonchev–Trinajstić information content (AvgIpc) is 2.79. The van der Waals surface area contributed by atoms with Crippen molar-refractivity contribution in [3.8, 4) is 5.75 Å². The summed E-state index contributed by atoms with van der Waals surface area (Å²) in [4.78, 5) is 28.6. The van der Waals surface area contributed by atoms with Gasteiger partial charge in [0.15, 0.2) is 0 Å². The van der Waals surface area contributed by atoms with Crippen LogP contribution >= 0.6 is 0 Å². The van der Waals surface area contributed by atoms with E-state index in [4.69, 9.17) is 9.47 Å². The largest absolute Gasteiger partial charge is 0.462 e. The van der Waals surface area contributed by atoms with E-state index < -0.39 is 37.3 Å². The van der Waals surface area contributed by atoms with E-state index in [9.17, 15) is 30.0 Å². The molecule has 3 rings (SSSR count). The Hall–Kier alpha value is -2.28. The molecule has 11 nitrogen and oxygen atoms in total. The minimum absolute atomic E-state index is 0.0797. The molecular formula is C21H31N3O8. The second kappa shape index (κ2) is 11.0. The molecule has 2 amide bonds. The number of aliphatic hydroxyl groups excluding tert-OH is 4. The second-order valence-electron chi connectivity index (χ2n) is 8.06. The minimum atomic E-state index is -1.57. The van der Waals surface area contributed by atoms with Crippen molar-refractivity contribution in [2.45, 2.75) is 37.1 Å². The summed E-state index contributed by atoms with van der Waals surface area (Å²) in [6.45, 7) is 2.17. The molecule has 0 radical (unpaired) electrons. The van der Waals surface area contributed by atoms with E-state index in [1.165, 1.54) is 0 Å². The zero-order valence-electron chi connectivity index (χ0n) is 18.0. The minimum Gasteiger partial charge on any atom is -0.462 e. The third-order valence-corrected chi connectivity index (χ3v) is 5.71. The zero-order valence-corrected chi connectivity index (χ0v) is 18.0. The van der Waals surface area contributed by atoms with Gasteiger partial charge in [0, 0.05) is 31.7 Å². The number of likely N-dealkylation sites (N-methyl/N-ethyl adjacent to an activating group) is 1. The molecule has 2 heterocycles. The highest BCUT2D eigenvalue weighted by molar-refractivity contribution is 5.86. The third-order valence-electron chi connectivity index (χ3n) is 5.71. The summed E-state index contributed by atoms with van der Waals surface area (Å²) in [5.41, 5.74) is 0.481. The molecular weight excluding hydrogens is 422 g/mol. The molecule has 5 unspecified atom stereocenters. The molecule has 0 aromatic heterocycles. The van der Waals surface area contributed by atoms with Crippen molar-refractivity contribution in [1.82, 2.24) is 15.1 Å². The predicted molar refractivity (Wildman–Crippen MR) is 112 cm³/mol. The lowest BCUT2D eigenvalue weighted by molar-refractivity contribution is -0.277. The average molecular weight is 453 g/mol. The Bertz CT molecular complexity index is 784. The zero-order chi connectivity index (χ0) is 23.3. The number of para-hydroxylation sites is 1. The van der Waals surface area contributed by atoms with Gasteiger partial charge in [-0.05, 0) is 13.1 Å². The van der Waals surface area contributed by atoms with Crippen molar-refractivity contribution in [2.24, 2.45) is 0 Å². The molecule has 32 heavy (non-hydrogen) atoms. The lowest BCUT2D eigenvalue weighted by Crippen LogP contribution is -2.60. The lowest BCUT2D eigenvalue weighted by Gasteiger charge is -2.39. The molecule has 0 bridgehead atoms. The van der Waals surface area contributed by atoms with E-state index in [1.54, 1.807) is 29.2 Å². The fourth-order valence-electron chi connectivity index (χ4n) is 3.63. The number of nitrogens with one attached hydrogen (secondary N) is 1. The van der Waals surface area contributed by atoms with Gasteiger partial charge in [-0.1, -0.05) is 18.2 Å². The Morgan fingerprint density at radius 2 is 1.78 bits per heavy atom. The highest BCUT2D eigenvalue weighted by Crippen LogP contribution is 2.26. The van der Waals surface area contributed by atoms with Gasteiger partial charge in [-0.15, -0.1) is 0 Å². The molecule has 2 saturated heterocycles. The van der Waals surface area contributed by atoms with Gasteiger partial charge in [0.05, 0.1) is 19.6 Å². The van der Waals surface area contributed by atoms with Gasteiger partial charge < -0.3 is 45.0 Å². The fraction of sp³-hybridized carbons (Fsp3) is 0.619. The highest BCUT2D eigenvalue weighted by Gasteiger charge is 2.44. The van der Waals surface area contributed by atoms with Crippen molar-refractivity contribution >= 4 is 11.8 Å². The topological polar surface area (TPSA) is 152 Å². The van der Waals surface area contributed by atoms with Crippen LogP contribution in [-0.4, -0.2) is 119 Å². The summed E-state index contributed by atoms with van der Waals surface area (Å²) in [5, 5.41) is 41.9. The monoisotopic (exact) mass is 453 g/mol. The number of nitrogens with zero attached hydrogens (tertiary/aromatic N) is 2. The first-order chi connectivity index (χ1) is 15.3. The van der Waals surface area contributed by atoms with E-state index in [0.717, 1.165) is 13.1 Å². The first-order valence-corrected chi connectivity index (χ1v) is 10.6. The molecule has 1 aromatic rings. The number of hydrogen-bond donors (Lipinski definition) is 5.